The second kappa shape index (κ2) is 7.19. The van der Waals surface area contributed by atoms with Crippen LogP contribution in [-0.4, -0.2) is 22.3 Å². The van der Waals surface area contributed by atoms with Gasteiger partial charge in [-0.2, -0.15) is 0 Å². The van der Waals surface area contributed by atoms with Crippen LogP contribution >= 0.6 is 11.6 Å². The summed E-state index contributed by atoms with van der Waals surface area (Å²) >= 11 is 5.90. The number of para-hydroxylation sites is 1. The van der Waals surface area contributed by atoms with E-state index < -0.39 is 0 Å². The van der Waals surface area contributed by atoms with Crippen molar-refractivity contribution in [3.05, 3.63) is 71.4 Å². The van der Waals surface area contributed by atoms with Gasteiger partial charge in [0.1, 0.15) is 5.75 Å². The van der Waals surface area contributed by atoms with E-state index >= 15 is 0 Å². The molecule has 0 atom stereocenters. The zero-order chi connectivity index (χ0) is 16.9. The number of halogens is 1. The van der Waals surface area contributed by atoms with Crippen LogP contribution in [0.1, 0.15) is 5.69 Å². The smallest absolute Gasteiger partial charge is 0.263 e. The summed E-state index contributed by atoms with van der Waals surface area (Å²) < 4.78 is 7.15. The number of aryl methyl sites for hydroxylation is 1. The minimum Gasteiger partial charge on any atom is -0.484 e. The number of anilines is 1. The second-order valence-electron chi connectivity index (χ2n) is 5.21. The van der Waals surface area contributed by atoms with Crippen LogP contribution in [-0.2, 0) is 4.79 Å². The van der Waals surface area contributed by atoms with E-state index in [1.807, 2.05) is 37.3 Å². The Balaban J connectivity index is 1.64. The highest BCUT2D eigenvalue weighted by atomic mass is 35.5. The molecule has 3 rings (SSSR count). The molecule has 0 radical (unpaired) electrons. The van der Waals surface area contributed by atoms with E-state index in [2.05, 4.69) is 10.4 Å². The third-order valence-electron chi connectivity index (χ3n) is 3.34. The summed E-state index contributed by atoms with van der Waals surface area (Å²) in [6, 6.07) is 18.3. The zero-order valence-corrected chi connectivity index (χ0v) is 13.8. The van der Waals surface area contributed by atoms with E-state index in [0.29, 0.717) is 16.6 Å². The first kappa shape index (κ1) is 16.1. The van der Waals surface area contributed by atoms with Crippen molar-refractivity contribution in [2.45, 2.75) is 6.92 Å². The number of rotatable bonds is 5. The summed E-state index contributed by atoms with van der Waals surface area (Å²) in [4.78, 5) is 12.0. The lowest BCUT2D eigenvalue weighted by Crippen LogP contribution is -2.20. The molecule has 6 heteroatoms. The average Bonchev–Trinajstić information content (AvgIpc) is 2.95. The van der Waals surface area contributed by atoms with Gasteiger partial charge in [0, 0.05) is 16.8 Å². The maximum absolute atomic E-state index is 12.0. The SMILES string of the molecule is Cc1cc(NC(=O)COc2ccccc2)nn1-c1ccc(Cl)cc1. The van der Waals surface area contributed by atoms with Gasteiger partial charge in [0.15, 0.2) is 12.4 Å². The summed E-state index contributed by atoms with van der Waals surface area (Å²) in [6.45, 7) is 1.84. The van der Waals surface area contributed by atoms with E-state index in [4.69, 9.17) is 16.3 Å². The molecule has 0 saturated carbocycles. The molecule has 0 unspecified atom stereocenters. The van der Waals surface area contributed by atoms with Crippen LogP contribution in [0.3, 0.4) is 0 Å². The number of carbonyl (C=O) groups is 1. The number of carbonyl (C=O) groups excluding carboxylic acids is 1. The predicted octanol–water partition coefficient (Wildman–Crippen LogP) is 3.85. The Bertz CT molecular complexity index is 829. The highest BCUT2D eigenvalue weighted by Gasteiger charge is 2.10. The topological polar surface area (TPSA) is 56.1 Å². The normalized spacial score (nSPS) is 10.4. The van der Waals surface area contributed by atoms with E-state index in [1.54, 1.807) is 35.0 Å². The Hall–Kier alpha value is -2.79. The van der Waals surface area contributed by atoms with Crippen molar-refractivity contribution in [3.8, 4) is 11.4 Å². The monoisotopic (exact) mass is 341 g/mol. The fraction of sp³-hybridized carbons (Fsp3) is 0.111. The number of nitrogens with zero attached hydrogens (tertiary/aromatic N) is 2. The summed E-state index contributed by atoms with van der Waals surface area (Å²) in [5.74, 6) is 0.860. The number of nitrogens with one attached hydrogen (secondary N) is 1. The number of hydrogen-bond donors (Lipinski definition) is 1. The Morgan fingerprint density at radius 2 is 1.88 bits per heavy atom. The fourth-order valence-corrected chi connectivity index (χ4v) is 2.35. The lowest BCUT2D eigenvalue weighted by molar-refractivity contribution is -0.118. The van der Waals surface area contributed by atoms with Gasteiger partial charge in [-0.05, 0) is 43.3 Å². The van der Waals surface area contributed by atoms with Crippen molar-refractivity contribution in [1.29, 1.82) is 0 Å². The van der Waals surface area contributed by atoms with Gasteiger partial charge in [0.2, 0.25) is 0 Å². The average molecular weight is 342 g/mol. The number of amides is 1. The highest BCUT2D eigenvalue weighted by Crippen LogP contribution is 2.17. The van der Waals surface area contributed by atoms with Crippen LogP contribution in [0.5, 0.6) is 5.75 Å². The summed E-state index contributed by atoms with van der Waals surface area (Å²) in [6.07, 6.45) is 0. The van der Waals surface area contributed by atoms with Gasteiger partial charge in [-0.15, -0.1) is 5.10 Å². The third-order valence-corrected chi connectivity index (χ3v) is 3.59. The maximum atomic E-state index is 12.0. The van der Waals surface area contributed by atoms with Gasteiger partial charge < -0.3 is 10.1 Å². The van der Waals surface area contributed by atoms with E-state index in [9.17, 15) is 4.79 Å². The molecule has 122 valence electrons. The molecule has 0 saturated heterocycles. The predicted molar refractivity (Wildman–Crippen MR) is 93.9 cm³/mol. The zero-order valence-electron chi connectivity index (χ0n) is 13.1. The van der Waals surface area contributed by atoms with Gasteiger partial charge in [-0.1, -0.05) is 29.8 Å². The number of hydrogen-bond acceptors (Lipinski definition) is 3. The van der Waals surface area contributed by atoms with Gasteiger partial charge >= 0.3 is 0 Å². The molecule has 0 aliphatic heterocycles. The van der Waals surface area contributed by atoms with Crippen molar-refractivity contribution in [2.24, 2.45) is 0 Å². The molecular weight excluding hydrogens is 326 g/mol. The van der Waals surface area contributed by atoms with E-state index in [-0.39, 0.29) is 12.5 Å². The molecule has 5 nitrogen and oxygen atoms in total. The Morgan fingerprint density at radius 1 is 1.17 bits per heavy atom. The fourth-order valence-electron chi connectivity index (χ4n) is 2.22. The summed E-state index contributed by atoms with van der Waals surface area (Å²) in [5.41, 5.74) is 1.77. The first-order chi connectivity index (χ1) is 11.6. The van der Waals surface area contributed by atoms with Crippen molar-refractivity contribution in [3.63, 3.8) is 0 Å². The van der Waals surface area contributed by atoms with Crippen molar-refractivity contribution >= 4 is 23.3 Å². The molecule has 24 heavy (non-hydrogen) atoms. The van der Waals surface area contributed by atoms with E-state index in [0.717, 1.165) is 11.4 Å². The largest absolute Gasteiger partial charge is 0.484 e. The molecule has 1 N–H and O–H groups in total. The number of ether oxygens (including phenoxy) is 1. The minimum atomic E-state index is -0.264. The van der Waals surface area contributed by atoms with Gasteiger partial charge in [-0.25, -0.2) is 4.68 Å². The molecule has 2 aromatic carbocycles. The van der Waals surface area contributed by atoms with Crippen molar-refractivity contribution < 1.29 is 9.53 Å². The molecule has 1 amide bonds. The van der Waals surface area contributed by atoms with Gasteiger partial charge in [-0.3, -0.25) is 4.79 Å². The first-order valence-corrected chi connectivity index (χ1v) is 7.80. The molecule has 0 spiro atoms. The molecule has 0 bridgehead atoms. The third kappa shape index (κ3) is 3.94. The minimum absolute atomic E-state index is 0.0726. The standard InChI is InChI=1S/C18H16ClN3O2/c1-13-11-17(21-22(13)15-9-7-14(19)8-10-15)20-18(23)12-24-16-5-3-2-4-6-16/h2-11H,12H2,1H3,(H,20,21,23). The lowest BCUT2D eigenvalue weighted by Gasteiger charge is -2.06. The quantitative estimate of drug-likeness (QED) is 0.766. The van der Waals surface area contributed by atoms with Crippen LogP contribution in [0.4, 0.5) is 5.82 Å². The van der Waals surface area contributed by atoms with E-state index in [1.165, 1.54) is 0 Å². The maximum Gasteiger partial charge on any atom is 0.263 e. The second-order valence-corrected chi connectivity index (χ2v) is 5.65. The molecule has 1 aromatic heterocycles. The van der Waals surface area contributed by atoms with Crippen molar-refractivity contribution in [2.75, 3.05) is 11.9 Å². The van der Waals surface area contributed by atoms with Crippen molar-refractivity contribution in [1.82, 2.24) is 9.78 Å². The number of benzene rings is 2. The first-order valence-electron chi connectivity index (χ1n) is 7.42. The Kier molecular flexibility index (Phi) is 4.82. The summed E-state index contributed by atoms with van der Waals surface area (Å²) in [7, 11) is 0. The molecule has 1 heterocycles. The van der Waals surface area contributed by atoms with Crippen LogP contribution < -0.4 is 10.1 Å². The van der Waals surface area contributed by atoms with Crippen LogP contribution in [0.25, 0.3) is 5.69 Å². The van der Waals surface area contributed by atoms with Crippen LogP contribution in [0.2, 0.25) is 5.02 Å². The van der Waals surface area contributed by atoms with Crippen LogP contribution in [0.15, 0.2) is 60.7 Å². The Morgan fingerprint density at radius 3 is 2.58 bits per heavy atom. The highest BCUT2D eigenvalue weighted by molar-refractivity contribution is 6.30. The molecule has 3 aromatic rings. The molecule has 0 fully saturated rings. The molecular formula is C18H16ClN3O2. The van der Waals surface area contributed by atoms with Crippen LogP contribution in [0, 0.1) is 6.92 Å². The molecule has 0 aliphatic carbocycles. The lowest BCUT2D eigenvalue weighted by atomic mass is 10.3. The number of aromatic nitrogens is 2. The van der Waals surface area contributed by atoms with Gasteiger partial charge in [0.05, 0.1) is 5.69 Å². The summed E-state index contributed by atoms with van der Waals surface area (Å²) in [5, 5.41) is 7.79. The Labute approximate surface area is 144 Å². The molecule has 0 aliphatic rings. The van der Waals surface area contributed by atoms with Gasteiger partial charge in [0.25, 0.3) is 5.91 Å².